The van der Waals surface area contributed by atoms with Crippen molar-refractivity contribution in [3.05, 3.63) is 29.3 Å². The molecule has 0 saturated carbocycles. The third-order valence-electron chi connectivity index (χ3n) is 3.58. The van der Waals surface area contributed by atoms with Crippen molar-refractivity contribution in [1.82, 2.24) is 4.90 Å². The highest BCUT2D eigenvalue weighted by Gasteiger charge is 2.36. The summed E-state index contributed by atoms with van der Waals surface area (Å²) in [4.78, 5) is 24.8. The number of nitrogens with zero attached hydrogens (tertiary/aromatic N) is 1. The van der Waals surface area contributed by atoms with E-state index in [9.17, 15) is 19.8 Å². The first-order valence-electron chi connectivity index (χ1n) is 6.41. The third kappa shape index (κ3) is 2.75. The van der Waals surface area contributed by atoms with E-state index in [1.54, 1.807) is 19.1 Å². The number of carboxylic acid groups (broad SMARTS) is 1. The second-order valence-electron chi connectivity index (χ2n) is 5.03. The van der Waals surface area contributed by atoms with E-state index in [0.717, 1.165) is 0 Å². The van der Waals surface area contributed by atoms with Crippen LogP contribution in [-0.2, 0) is 4.79 Å². The van der Waals surface area contributed by atoms with Crippen LogP contribution in [0.25, 0.3) is 0 Å². The Bertz CT molecular complexity index is 542. The lowest BCUT2D eigenvalue weighted by Crippen LogP contribution is -2.51. The average Bonchev–Trinajstić information content (AvgIpc) is 2.41. The number of phenols is 1. The number of phenolic OH excluding ortho intramolecular Hbond substituents is 1. The van der Waals surface area contributed by atoms with Gasteiger partial charge in [-0.3, -0.25) is 4.79 Å². The van der Waals surface area contributed by atoms with E-state index in [4.69, 9.17) is 5.11 Å². The molecule has 0 radical (unpaired) electrons. The Balaban J connectivity index is 2.26. The maximum Gasteiger partial charge on any atom is 0.326 e. The Kier molecular flexibility index (Phi) is 3.94. The van der Waals surface area contributed by atoms with Gasteiger partial charge in [0.15, 0.2) is 0 Å². The molecule has 2 rings (SSSR count). The maximum atomic E-state index is 12.4. The van der Waals surface area contributed by atoms with Gasteiger partial charge in [0.05, 0.1) is 6.10 Å². The molecule has 6 heteroatoms. The van der Waals surface area contributed by atoms with Crippen LogP contribution < -0.4 is 0 Å². The Labute approximate surface area is 116 Å². The lowest BCUT2D eigenvalue weighted by molar-refractivity contribution is -0.145. The molecule has 1 aliphatic rings. The molecule has 0 aromatic heterocycles. The molecule has 0 bridgehead atoms. The first kappa shape index (κ1) is 14.3. The Morgan fingerprint density at radius 3 is 2.65 bits per heavy atom. The smallest absolute Gasteiger partial charge is 0.326 e. The molecule has 0 aliphatic carbocycles. The van der Waals surface area contributed by atoms with Crippen LogP contribution in [0.5, 0.6) is 5.75 Å². The predicted molar refractivity (Wildman–Crippen MR) is 70.5 cm³/mol. The molecule has 3 N–H and O–H groups in total. The van der Waals surface area contributed by atoms with E-state index in [-0.39, 0.29) is 24.3 Å². The Morgan fingerprint density at radius 1 is 1.35 bits per heavy atom. The standard InChI is InChI=1S/C14H17NO5/c1-8-2-3-9(6-12(8)17)13(18)15-5-4-10(16)7-11(15)14(19)20/h2-3,6,10-11,16-17H,4-5,7H2,1H3,(H,19,20)/t10-,11+/m1/s1. The molecular formula is C14H17NO5. The molecule has 6 nitrogen and oxygen atoms in total. The van der Waals surface area contributed by atoms with Crippen LogP contribution in [-0.4, -0.2) is 50.8 Å². The number of hydrogen-bond acceptors (Lipinski definition) is 4. The molecule has 1 heterocycles. The van der Waals surface area contributed by atoms with Crippen LogP contribution in [0.15, 0.2) is 18.2 Å². The zero-order valence-corrected chi connectivity index (χ0v) is 11.1. The van der Waals surface area contributed by atoms with Crippen LogP contribution in [0.2, 0.25) is 0 Å². The van der Waals surface area contributed by atoms with Crippen molar-refractivity contribution in [1.29, 1.82) is 0 Å². The van der Waals surface area contributed by atoms with Crippen molar-refractivity contribution < 1.29 is 24.9 Å². The number of aryl methyl sites for hydroxylation is 1. The molecule has 0 unspecified atom stereocenters. The zero-order valence-electron chi connectivity index (χ0n) is 11.1. The second kappa shape index (κ2) is 5.50. The van der Waals surface area contributed by atoms with E-state index in [0.29, 0.717) is 12.0 Å². The summed E-state index contributed by atoms with van der Waals surface area (Å²) in [5, 5.41) is 28.3. The van der Waals surface area contributed by atoms with Crippen LogP contribution in [0.1, 0.15) is 28.8 Å². The highest BCUT2D eigenvalue weighted by Crippen LogP contribution is 2.23. The number of amides is 1. The van der Waals surface area contributed by atoms with E-state index >= 15 is 0 Å². The molecule has 1 saturated heterocycles. The highest BCUT2D eigenvalue weighted by molar-refractivity contribution is 5.97. The normalized spacial score (nSPS) is 22.6. The van der Waals surface area contributed by atoms with Crippen LogP contribution in [0, 0.1) is 6.92 Å². The van der Waals surface area contributed by atoms with Crippen molar-refractivity contribution in [3.8, 4) is 5.75 Å². The van der Waals surface area contributed by atoms with E-state index in [1.807, 2.05) is 0 Å². The summed E-state index contributed by atoms with van der Waals surface area (Å²) >= 11 is 0. The number of likely N-dealkylation sites (tertiary alicyclic amines) is 1. The highest BCUT2D eigenvalue weighted by atomic mass is 16.4. The Morgan fingerprint density at radius 2 is 2.05 bits per heavy atom. The number of benzene rings is 1. The number of piperidine rings is 1. The summed E-state index contributed by atoms with van der Waals surface area (Å²) in [6.07, 6.45) is -0.321. The van der Waals surface area contributed by atoms with Gasteiger partial charge in [0.2, 0.25) is 0 Å². The van der Waals surface area contributed by atoms with E-state index in [1.165, 1.54) is 11.0 Å². The fraction of sp³-hybridized carbons (Fsp3) is 0.429. The van der Waals surface area contributed by atoms with Gasteiger partial charge in [-0.1, -0.05) is 6.07 Å². The number of carbonyl (C=O) groups is 2. The van der Waals surface area contributed by atoms with Crippen molar-refractivity contribution >= 4 is 11.9 Å². The molecule has 108 valence electrons. The van der Waals surface area contributed by atoms with E-state index in [2.05, 4.69) is 0 Å². The van der Waals surface area contributed by atoms with Crippen LogP contribution in [0.3, 0.4) is 0 Å². The largest absolute Gasteiger partial charge is 0.508 e. The minimum atomic E-state index is -1.13. The van der Waals surface area contributed by atoms with Crippen molar-refractivity contribution in [2.24, 2.45) is 0 Å². The molecule has 2 atom stereocenters. The number of aliphatic carboxylic acids is 1. The number of carboxylic acids is 1. The summed E-state index contributed by atoms with van der Waals surface area (Å²) in [5.74, 6) is -1.58. The number of aliphatic hydroxyl groups excluding tert-OH is 1. The molecular weight excluding hydrogens is 262 g/mol. The van der Waals surface area contributed by atoms with Gasteiger partial charge >= 0.3 is 5.97 Å². The van der Waals surface area contributed by atoms with Gasteiger partial charge in [-0.2, -0.15) is 0 Å². The maximum absolute atomic E-state index is 12.4. The van der Waals surface area contributed by atoms with E-state index < -0.39 is 24.0 Å². The monoisotopic (exact) mass is 279 g/mol. The fourth-order valence-corrected chi connectivity index (χ4v) is 2.33. The first-order valence-corrected chi connectivity index (χ1v) is 6.41. The SMILES string of the molecule is Cc1ccc(C(=O)N2CC[C@@H](O)C[C@H]2C(=O)O)cc1O. The second-order valence-corrected chi connectivity index (χ2v) is 5.03. The molecule has 1 aromatic carbocycles. The zero-order chi connectivity index (χ0) is 14.9. The molecule has 1 aliphatic heterocycles. The third-order valence-corrected chi connectivity index (χ3v) is 3.58. The fourth-order valence-electron chi connectivity index (χ4n) is 2.33. The van der Waals surface area contributed by atoms with Crippen molar-refractivity contribution in [2.45, 2.75) is 31.9 Å². The summed E-state index contributed by atoms with van der Waals surface area (Å²) < 4.78 is 0. The van der Waals surface area contributed by atoms with Crippen LogP contribution in [0.4, 0.5) is 0 Å². The lowest BCUT2D eigenvalue weighted by atomic mass is 9.98. The van der Waals surface area contributed by atoms with Gasteiger partial charge in [0.1, 0.15) is 11.8 Å². The number of carbonyl (C=O) groups excluding carboxylic acids is 1. The van der Waals surface area contributed by atoms with Crippen molar-refractivity contribution in [2.75, 3.05) is 6.54 Å². The predicted octanol–water partition coefficient (Wildman–Crippen LogP) is 0.751. The summed E-state index contributed by atoms with van der Waals surface area (Å²) in [7, 11) is 0. The molecule has 0 spiro atoms. The average molecular weight is 279 g/mol. The summed E-state index contributed by atoms with van der Waals surface area (Å²) in [6.45, 7) is 1.90. The van der Waals surface area contributed by atoms with Gasteiger partial charge in [0, 0.05) is 18.5 Å². The number of rotatable bonds is 2. The molecule has 20 heavy (non-hydrogen) atoms. The van der Waals surface area contributed by atoms with Crippen LogP contribution >= 0.6 is 0 Å². The topological polar surface area (TPSA) is 98.1 Å². The Hall–Kier alpha value is -2.08. The minimum Gasteiger partial charge on any atom is -0.508 e. The van der Waals surface area contributed by atoms with Gasteiger partial charge in [-0.05, 0) is 31.0 Å². The van der Waals surface area contributed by atoms with Gasteiger partial charge in [-0.15, -0.1) is 0 Å². The first-order chi connectivity index (χ1) is 9.40. The summed E-state index contributed by atoms with van der Waals surface area (Å²) in [5.41, 5.74) is 0.890. The quantitative estimate of drug-likeness (QED) is 0.742. The number of aromatic hydroxyl groups is 1. The van der Waals surface area contributed by atoms with Crippen molar-refractivity contribution in [3.63, 3.8) is 0 Å². The minimum absolute atomic E-state index is 0.000214. The molecule has 1 fully saturated rings. The molecule has 1 amide bonds. The number of hydrogen-bond donors (Lipinski definition) is 3. The number of aliphatic hydroxyl groups is 1. The van der Waals surface area contributed by atoms with Gasteiger partial charge in [0.25, 0.3) is 5.91 Å². The van der Waals surface area contributed by atoms with Gasteiger partial charge in [-0.25, -0.2) is 4.79 Å². The molecule has 1 aromatic rings. The lowest BCUT2D eigenvalue weighted by Gasteiger charge is -2.35. The summed E-state index contributed by atoms with van der Waals surface area (Å²) in [6, 6.07) is 3.47. The van der Waals surface area contributed by atoms with Gasteiger partial charge < -0.3 is 20.2 Å².